The lowest BCUT2D eigenvalue weighted by molar-refractivity contribution is -0.120. The lowest BCUT2D eigenvalue weighted by Crippen LogP contribution is -2.33. The molecule has 5 rings (SSSR count). The molecule has 1 unspecified atom stereocenters. The number of hydrogen-bond donors (Lipinski definition) is 1. The topological polar surface area (TPSA) is 64.0 Å². The third-order valence-corrected chi connectivity index (χ3v) is 8.04. The Morgan fingerprint density at radius 1 is 1.20 bits per heavy atom. The lowest BCUT2D eigenvalue weighted by Gasteiger charge is -2.16. The maximum atomic E-state index is 13.7. The van der Waals surface area contributed by atoms with Crippen LogP contribution in [0.4, 0.5) is 0 Å². The Bertz CT molecular complexity index is 1150. The molecule has 0 bridgehead atoms. The van der Waals surface area contributed by atoms with Crippen LogP contribution in [0.2, 0.25) is 0 Å². The number of aryl methyl sites for hydroxylation is 2. The molecule has 1 saturated carbocycles. The van der Waals surface area contributed by atoms with Gasteiger partial charge in [-0.25, -0.2) is 4.98 Å². The molecule has 0 spiro atoms. The summed E-state index contributed by atoms with van der Waals surface area (Å²) in [4.78, 5) is 33.4. The first-order chi connectivity index (χ1) is 14.6. The first kappa shape index (κ1) is 19.8. The Labute approximate surface area is 183 Å². The van der Waals surface area contributed by atoms with Crippen molar-refractivity contribution in [2.75, 3.05) is 0 Å². The summed E-state index contributed by atoms with van der Waals surface area (Å²) in [5.41, 5.74) is 1.98. The summed E-state index contributed by atoms with van der Waals surface area (Å²) in [6.45, 7) is 1.89. The second kappa shape index (κ2) is 8.19. The fraction of sp³-hybridized carbons (Fsp3) is 0.435. The van der Waals surface area contributed by atoms with Crippen molar-refractivity contribution in [1.82, 2.24) is 14.9 Å². The molecule has 1 fully saturated rings. The van der Waals surface area contributed by atoms with E-state index in [1.54, 1.807) is 15.9 Å². The number of thiophene rings is 1. The number of benzene rings is 1. The van der Waals surface area contributed by atoms with Gasteiger partial charge in [-0.05, 0) is 63.1 Å². The Hall–Kier alpha value is -2.12. The second-order valence-electron chi connectivity index (χ2n) is 8.16. The van der Waals surface area contributed by atoms with E-state index in [9.17, 15) is 9.59 Å². The molecule has 1 N–H and O–H groups in total. The van der Waals surface area contributed by atoms with Gasteiger partial charge in [0, 0.05) is 10.9 Å². The maximum Gasteiger partial charge on any atom is 0.267 e. The SMILES string of the molecule is CC(Sc1nc2sc3c(c2c(=O)n1-c1ccccc1)CCCCC3)C(=O)NC1CC1. The minimum atomic E-state index is -0.317. The third-order valence-electron chi connectivity index (χ3n) is 5.80. The Balaban J connectivity index is 1.63. The highest BCUT2D eigenvalue weighted by atomic mass is 32.2. The van der Waals surface area contributed by atoms with E-state index in [0.29, 0.717) is 11.2 Å². The van der Waals surface area contributed by atoms with Crippen molar-refractivity contribution in [3.05, 3.63) is 51.1 Å². The van der Waals surface area contributed by atoms with Gasteiger partial charge < -0.3 is 5.32 Å². The molecule has 3 aromatic rings. The molecular weight excluding hydrogens is 414 g/mol. The van der Waals surface area contributed by atoms with E-state index in [2.05, 4.69) is 5.32 Å². The number of carbonyl (C=O) groups is 1. The number of carbonyl (C=O) groups excluding carboxylic acids is 1. The van der Waals surface area contributed by atoms with Gasteiger partial charge in [0.2, 0.25) is 5.91 Å². The van der Waals surface area contributed by atoms with Gasteiger partial charge in [0.25, 0.3) is 5.56 Å². The Kier molecular flexibility index (Phi) is 5.41. The van der Waals surface area contributed by atoms with Gasteiger partial charge in [-0.15, -0.1) is 11.3 Å². The van der Waals surface area contributed by atoms with Gasteiger partial charge in [-0.1, -0.05) is 36.4 Å². The zero-order valence-electron chi connectivity index (χ0n) is 17.0. The van der Waals surface area contributed by atoms with Crippen molar-refractivity contribution in [2.45, 2.75) is 68.3 Å². The molecular formula is C23H25N3O2S2. The number of hydrogen-bond acceptors (Lipinski definition) is 5. The molecule has 1 atom stereocenters. The molecule has 0 saturated heterocycles. The molecule has 0 aliphatic heterocycles. The molecule has 1 amide bonds. The number of aromatic nitrogens is 2. The third kappa shape index (κ3) is 3.81. The summed E-state index contributed by atoms with van der Waals surface area (Å²) in [6, 6.07) is 9.98. The van der Waals surface area contributed by atoms with E-state index in [1.165, 1.54) is 35.0 Å². The number of para-hydroxylation sites is 1. The van der Waals surface area contributed by atoms with Gasteiger partial charge in [0.15, 0.2) is 5.16 Å². The molecule has 1 aromatic carbocycles. The molecule has 2 aromatic heterocycles. The minimum Gasteiger partial charge on any atom is -0.352 e. The highest BCUT2D eigenvalue weighted by Gasteiger charge is 2.28. The largest absolute Gasteiger partial charge is 0.352 e. The zero-order valence-corrected chi connectivity index (χ0v) is 18.7. The molecule has 2 aliphatic rings. The van der Waals surface area contributed by atoms with Crippen molar-refractivity contribution < 1.29 is 4.79 Å². The number of nitrogens with one attached hydrogen (secondary N) is 1. The summed E-state index contributed by atoms with van der Waals surface area (Å²) in [6.07, 6.45) is 7.61. The van der Waals surface area contributed by atoms with Crippen LogP contribution in [0.1, 0.15) is 49.5 Å². The first-order valence-electron chi connectivity index (χ1n) is 10.7. The summed E-state index contributed by atoms with van der Waals surface area (Å²) < 4.78 is 1.70. The molecule has 5 nitrogen and oxygen atoms in total. The highest BCUT2D eigenvalue weighted by molar-refractivity contribution is 8.00. The number of fused-ring (bicyclic) bond motifs is 3. The standard InChI is InChI=1S/C23H25N3O2S2/c1-14(20(27)24-15-12-13-15)29-23-25-21-19(17-10-6-3-7-11-18(17)30-21)22(28)26(23)16-8-4-2-5-9-16/h2,4-5,8-9,14-15H,3,6-7,10-13H2,1H3,(H,24,27). The van der Waals surface area contributed by atoms with Crippen LogP contribution in [0.3, 0.4) is 0 Å². The first-order valence-corrected chi connectivity index (χ1v) is 12.4. The highest BCUT2D eigenvalue weighted by Crippen LogP contribution is 2.35. The van der Waals surface area contributed by atoms with Crippen LogP contribution in [-0.2, 0) is 17.6 Å². The van der Waals surface area contributed by atoms with Crippen molar-refractivity contribution >= 4 is 39.2 Å². The fourth-order valence-corrected chi connectivity index (χ4v) is 6.24. The van der Waals surface area contributed by atoms with Gasteiger partial charge in [0.1, 0.15) is 4.83 Å². The van der Waals surface area contributed by atoms with Crippen LogP contribution in [-0.4, -0.2) is 26.8 Å². The molecule has 2 heterocycles. The quantitative estimate of drug-likeness (QED) is 0.362. The predicted octanol–water partition coefficient (Wildman–Crippen LogP) is 4.48. The van der Waals surface area contributed by atoms with Crippen LogP contribution >= 0.6 is 23.1 Å². The predicted molar refractivity (Wildman–Crippen MR) is 123 cm³/mol. The normalized spacial score (nSPS) is 17.4. The van der Waals surface area contributed by atoms with Crippen LogP contribution < -0.4 is 10.9 Å². The Morgan fingerprint density at radius 3 is 2.73 bits per heavy atom. The summed E-state index contributed by atoms with van der Waals surface area (Å²) in [5, 5.41) is 4.11. The smallest absolute Gasteiger partial charge is 0.267 e. The summed E-state index contributed by atoms with van der Waals surface area (Å²) in [7, 11) is 0. The summed E-state index contributed by atoms with van der Waals surface area (Å²) >= 11 is 3.03. The van der Waals surface area contributed by atoms with Crippen LogP contribution in [0, 0.1) is 0 Å². The van der Waals surface area contributed by atoms with Crippen molar-refractivity contribution in [3.8, 4) is 5.69 Å². The number of amides is 1. The second-order valence-corrected chi connectivity index (χ2v) is 10.5. The van der Waals surface area contributed by atoms with Crippen molar-refractivity contribution in [3.63, 3.8) is 0 Å². The lowest BCUT2D eigenvalue weighted by atomic mass is 10.1. The van der Waals surface area contributed by atoms with Crippen molar-refractivity contribution in [1.29, 1.82) is 0 Å². The van der Waals surface area contributed by atoms with E-state index < -0.39 is 0 Å². The molecule has 2 aliphatic carbocycles. The van der Waals surface area contributed by atoms with Crippen LogP contribution in [0.25, 0.3) is 15.9 Å². The van der Waals surface area contributed by atoms with Crippen LogP contribution in [0.5, 0.6) is 0 Å². The van der Waals surface area contributed by atoms with Gasteiger partial charge in [-0.2, -0.15) is 0 Å². The van der Waals surface area contributed by atoms with Gasteiger partial charge in [-0.3, -0.25) is 14.2 Å². The van der Waals surface area contributed by atoms with E-state index in [1.807, 2.05) is 37.3 Å². The average Bonchev–Trinajstić information content (AvgIpc) is 3.52. The Morgan fingerprint density at radius 2 is 1.97 bits per heavy atom. The zero-order chi connectivity index (χ0) is 20.7. The van der Waals surface area contributed by atoms with E-state index in [4.69, 9.17) is 4.98 Å². The van der Waals surface area contributed by atoms with E-state index >= 15 is 0 Å². The summed E-state index contributed by atoms with van der Waals surface area (Å²) in [5.74, 6) is 0.0124. The maximum absolute atomic E-state index is 13.7. The minimum absolute atomic E-state index is 0.0112. The number of rotatable bonds is 5. The number of thioether (sulfide) groups is 1. The number of nitrogens with zero attached hydrogens (tertiary/aromatic N) is 2. The van der Waals surface area contributed by atoms with Gasteiger partial charge in [0.05, 0.1) is 16.3 Å². The fourth-order valence-electron chi connectivity index (χ4n) is 4.00. The average molecular weight is 440 g/mol. The van der Waals surface area contributed by atoms with E-state index in [-0.39, 0.29) is 16.7 Å². The molecule has 30 heavy (non-hydrogen) atoms. The molecule has 0 radical (unpaired) electrons. The van der Waals surface area contributed by atoms with Gasteiger partial charge >= 0.3 is 0 Å². The van der Waals surface area contributed by atoms with E-state index in [0.717, 1.165) is 48.0 Å². The monoisotopic (exact) mass is 439 g/mol. The molecule has 156 valence electrons. The molecule has 7 heteroatoms. The van der Waals surface area contributed by atoms with Crippen LogP contribution in [0.15, 0.2) is 40.3 Å². The van der Waals surface area contributed by atoms with Crippen molar-refractivity contribution in [2.24, 2.45) is 0 Å².